The van der Waals surface area contributed by atoms with E-state index >= 15 is 0 Å². The van der Waals surface area contributed by atoms with Gasteiger partial charge in [0.25, 0.3) is 0 Å². The van der Waals surface area contributed by atoms with E-state index in [1.807, 2.05) is 24.3 Å². The van der Waals surface area contributed by atoms with Crippen LogP contribution in [0.15, 0.2) is 28.7 Å². The van der Waals surface area contributed by atoms with E-state index in [2.05, 4.69) is 45.3 Å². The predicted molar refractivity (Wildman–Crippen MR) is 119 cm³/mol. The first kappa shape index (κ1) is 23.2. The molecule has 0 bridgehead atoms. The number of ether oxygens (including phenoxy) is 1. The van der Waals surface area contributed by atoms with E-state index in [9.17, 15) is 9.59 Å². The summed E-state index contributed by atoms with van der Waals surface area (Å²) in [4.78, 5) is 26.6. The van der Waals surface area contributed by atoms with Crippen LogP contribution in [-0.2, 0) is 14.3 Å². The molecule has 0 aliphatic carbocycles. The molecule has 156 valence electrons. The van der Waals surface area contributed by atoms with Crippen molar-refractivity contribution in [3.63, 3.8) is 0 Å². The van der Waals surface area contributed by atoms with Crippen LogP contribution in [0.25, 0.3) is 0 Å². The molecule has 1 heterocycles. The number of halogens is 1. The van der Waals surface area contributed by atoms with Gasteiger partial charge in [-0.25, -0.2) is 0 Å². The Morgan fingerprint density at radius 2 is 1.93 bits per heavy atom. The summed E-state index contributed by atoms with van der Waals surface area (Å²) in [6.45, 7) is 8.39. The van der Waals surface area contributed by atoms with Gasteiger partial charge in [0.1, 0.15) is 0 Å². The van der Waals surface area contributed by atoms with Gasteiger partial charge in [-0.1, -0.05) is 35.8 Å². The van der Waals surface area contributed by atoms with E-state index in [0.29, 0.717) is 18.5 Å². The fourth-order valence-corrected chi connectivity index (χ4v) is 4.18. The molecule has 8 heteroatoms. The van der Waals surface area contributed by atoms with Gasteiger partial charge in [0.05, 0.1) is 24.7 Å². The monoisotopic (exact) mass is 471 g/mol. The Labute approximate surface area is 180 Å². The molecule has 1 aromatic rings. The lowest BCUT2D eigenvalue weighted by Gasteiger charge is -2.35. The van der Waals surface area contributed by atoms with Crippen LogP contribution in [0, 0.1) is 5.92 Å². The van der Waals surface area contributed by atoms with Gasteiger partial charge < -0.3 is 15.4 Å². The standard InChI is InChI=1S/C20H30BrN3O3S/c1-15(2)10-18(24-6-8-27-9-7-24)12-22-19(25)13-28-14-20(26)23-17-5-3-4-16(21)11-17/h3-5,11,15,18H,6-10,12-14H2,1-2H3,(H,22,25)(H,23,26). The van der Waals surface area contributed by atoms with Crippen molar-refractivity contribution in [3.05, 3.63) is 28.7 Å². The number of anilines is 1. The summed E-state index contributed by atoms with van der Waals surface area (Å²) < 4.78 is 6.34. The maximum atomic E-state index is 12.2. The third-order valence-electron chi connectivity index (χ3n) is 4.42. The zero-order valence-corrected chi connectivity index (χ0v) is 19.0. The van der Waals surface area contributed by atoms with Crippen molar-refractivity contribution in [2.45, 2.75) is 26.3 Å². The smallest absolute Gasteiger partial charge is 0.234 e. The molecule has 0 saturated carbocycles. The number of carbonyl (C=O) groups is 2. The van der Waals surface area contributed by atoms with E-state index in [4.69, 9.17) is 4.74 Å². The fourth-order valence-electron chi connectivity index (χ4n) is 3.13. The molecule has 1 unspecified atom stereocenters. The van der Waals surface area contributed by atoms with Crippen LogP contribution >= 0.6 is 27.7 Å². The Kier molecular flexibility index (Phi) is 10.3. The molecule has 2 rings (SSSR count). The maximum absolute atomic E-state index is 12.2. The van der Waals surface area contributed by atoms with Crippen LogP contribution in [0.3, 0.4) is 0 Å². The summed E-state index contributed by atoms with van der Waals surface area (Å²) in [5.41, 5.74) is 0.742. The number of nitrogens with zero attached hydrogens (tertiary/aromatic N) is 1. The minimum atomic E-state index is -0.109. The van der Waals surface area contributed by atoms with Gasteiger partial charge in [-0.2, -0.15) is 0 Å². The van der Waals surface area contributed by atoms with Gasteiger partial charge in [0.15, 0.2) is 0 Å². The summed E-state index contributed by atoms with van der Waals surface area (Å²) in [5, 5.41) is 5.87. The van der Waals surface area contributed by atoms with Crippen molar-refractivity contribution in [1.29, 1.82) is 0 Å². The lowest BCUT2D eigenvalue weighted by Crippen LogP contribution is -2.49. The molecular weight excluding hydrogens is 442 g/mol. The average molecular weight is 472 g/mol. The van der Waals surface area contributed by atoms with E-state index in [-0.39, 0.29) is 23.3 Å². The molecule has 0 spiro atoms. The van der Waals surface area contributed by atoms with Gasteiger partial charge in [-0.3, -0.25) is 14.5 Å². The highest BCUT2D eigenvalue weighted by Crippen LogP contribution is 2.16. The number of nitrogens with one attached hydrogen (secondary N) is 2. The van der Waals surface area contributed by atoms with Crippen LogP contribution in [0.2, 0.25) is 0 Å². The summed E-state index contributed by atoms with van der Waals surface area (Å²) in [5.74, 6) is 0.965. The number of hydrogen-bond acceptors (Lipinski definition) is 5. The molecular formula is C20H30BrN3O3S. The molecule has 2 N–H and O–H groups in total. The SMILES string of the molecule is CC(C)CC(CNC(=O)CSCC(=O)Nc1cccc(Br)c1)N1CCOCC1. The topological polar surface area (TPSA) is 70.7 Å². The second-order valence-corrected chi connectivity index (χ2v) is 9.19. The highest BCUT2D eigenvalue weighted by molar-refractivity contribution is 9.10. The van der Waals surface area contributed by atoms with Crippen molar-refractivity contribution in [2.75, 3.05) is 49.7 Å². The molecule has 1 fully saturated rings. The first-order chi connectivity index (χ1) is 13.4. The quantitative estimate of drug-likeness (QED) is 0.548. The summed E-state index contributed by atoms with van der Waals surface area (Å²) in [6, 6.07) is 7.77. The molecule has 1 aromatic carbocycles. The van der Waals surface area contributed by atoms with Crippen molar-refractivity contribution < 1.29 is 14.3 Å². The van der Waals surface area contributed by atoms with Crippen LogP contribution < -0.4 is 10.6 Å². The molecule has 1 saturated heterocycles. The summed E-state index contributed by atoms with van der Waals surface area (Å²) in [6.07, 6.45) is 1.04. The number of benzene rings is 1. The lowest BCUT2D eigenvalue weighted by molar-refractivity contribution is -0.119. The first-order valence-electron chi connectivity index (χ1n) is 9.65. The number of carbonyl (C=O) groups excluding carboxylic acids is 2. The van der Waals surface area contributed by atoms with Crippen LogP contribution in [-0.4, -0.2) is 67.1 Å². The van der Waals surface area contributed by atoms with Gasteiger partial charge in [-0.15, -0.1) is 11.8 Å². The largest absolute Gasteiger partial charge is 0.379 e. The van der Waals surface area contributed by atoms with E-state index in [1.54, 1.807) is 0 Å². The summed E-state index contributed by atoms with van der Waals surface area (Å²) >= 11 is 4.70. The molecule has 0 radical (unpaired) electrons. The van der Waals surface area contributed by atoms with Crippen LogP contribution in [0.4, 0.5) is 5.69 Å². The molecule has 1 atom stereocenters. The zero-order valence-electron chi connectivity index (χ0n) is 16.6. The average Bonchev–Trinajstić information content (AvgIpc) is 2.65. The van der Waals surface area contributed by atoms with Crippen molar-refractivity contribution in [2.24, 2.45) is 5.92 Å². The third kappa shape index (κ3) is 8.94. The highest BCUT2D eigenvalue weighted by atomic mass is 79.9. The Balaban J connectivity index is 1.68. The van der Waals surface area contributed by atoms with Gasteiger partial charge in [0.2, 0.25) is 11.8 Å². The first-order valence-corrected chi connectivity index (χ1v) is 11.6. The minimum absolute atomic E-state index is 0.0257. The zero-order chi connectivity index (χ0) is 20.4. The van der Waals surface area contributed by atoms with Crippen molar-refractivity contribution >= 4 is 45.2 Å². The Bertz CT molecular complexity index is 639. The van der Waals surface area contributed by atoms with Crippen LogP contribution in [0.1, 0.15) is 20.3 Å². The molecule has 28 heavy (non-hydrogen) atoms. The highest BCUT2D eigenvalue weighted by Gasteiger charge is 2.22. The Morgan fingerprint density at radius 3 is 2.61 bits per heavy atom. The Morgan fingerprint density at radius 1 is 1.21 bits per heavy atom. The van der Waals surface area contributed by atoms with E-state index < -0.39 is 0 Å². The third-order valence-corrected chi connectivity index (χ3v) is 5.84. The van der Waals surface area contributed by atoms with Gasteiger partial charge in [-0.05, 0) is 30.5 Å². The molecule has 0 aromatic heterocycles. The molecule has 1 aliphatic rings. The number of rotatable bonds is 10. The van der Waals surface area contributed by atoms with Crippen molar-refractivity contribution in [3.8, 4) is 0 Å². The van der Waals surface area contributed by atoms with Crippen molar-refractivity contribution in [1.82, 2.24) is 10.2 Å². The second-order valence-electron chi connectivity index (χ2n) is 7.29. The lowest BCUT2D eigenvalue weighted by atomic mass is 10.0. The second kappa shape index (κ2) is 12.5. The van der Waals surface area contributed by atoms with E-state index in [1.165, 1.54) is 11.8 Å². The number of hydrogen-bond donors (Lipinski definition) is 2. The van der Waals surface area contributed by atoms with Crippen LogP contribution in [0.5, 0.6) is 0 Å². The predicted octanol–water partition coefficient (Wildman–Crippen LogP) is 2.98. The molecule has 6 nitrogen and oxygen atoms in total. The van der Waals surface area contributed by atoms with Gasteiger partial charge >= 0.3 is 0 Å². The molecule has 2 amide bonds. The molecule has 1 aliphatic heterocycles. The maximum Gasteiger partial charge on any atom is 0.234 e. The minimum Gasteiger partial charge on any atom is -0.379 e. The summed E-state index contributed by atoms with van der Waals surface area (Å²) in [7, 11) is 0. The normalized spacial score (nSPS) is 16.0. The number of thioether (sulfide) groups is 1. The fraction of sp³-hybridized carbons (Fsp3) is 0.600. The van der Waals surface area contributed by atoms with E-state index in [0.717, 1.165) is 42.9 Å². The Hall–Kier alpha value is -1.09. The number of amides is 2. The number of morpholine rings is 1. The van der Waals surface area contributed by atoms with Gasteiger partial charge in [0, 0.05) is 35.8 Å².